The van der Waals surface area contributed by atoms with Crippen molar-refractivity contribution in [3.8, 4) is 16.9 Å². The molecular formula is C27H24Cl2N4O4S2. The zero-order valence-electron chi connectivity index (χ0n) is 21.1. The van der Waals surface area contributed by atoms with E-state index < -0.39 is 5.97 Å². The van der Waals surface area contributed by atoms with Crippen LogP contribution in [-0.4, -0.2) is 39.5 Å². The predicted molar refractivity (Wildman–Crippen MR) is 156 cm³/mol. The zero-order chi connectivity index (χ0) is 27.9. The van der Waals surface area contributed by atoms with E-state index in [1.807, 2.05) is 37.3 Å². The van der Waals surface area contributed by atoms with Crippen LogP contribution in [0.1, 0.15) is 21.1 Å². The molecule has 1 amide bonds. The number of hydrogen-bond acceptors (Lipinski definition) is 8. The number of benzene rings is 2. The molecule has 0 aliphatic heterocycles. The molecule has 0 unspecified atom stereocenters. The van der Waals surface area contributed by atoms with Crippen molar-refractivity contribution in [2.45, 2.75) is 25.2 Å². The number of thiophene rings is 1. The Labute approximate surface area is 243 Å². The number of anilines is 1. The molecule has 4 rings (SSSR count). The van der Waals surface area contributed by atoms with Crippen molar-refractivity contribution in [1.29, 1.82) is 0 Å². The van der Waals surface area contributed by atoms with E-state index in [0.717, 1.165) is 16.0 Å². The summed E-state index contributed by atoms with van der Waals surface area (Å²) in [5, 5.41) is 13.2. The second-order valence-electron chi connectivity index (χ2n) is 8.09. The molecule has 0 saturated heterocycles. The molecule has 4 aromatic rings. The lowest BCUT2D eigenvalue weighted by atomic mass is 10.0. The number of thioether (sulfide) groups is 1. The fraction of sp³-hybridized carbons (Fsp3) is 0.185. The van der Waals surface area contributed by atoms with Gasteiger partial charge in [0.1, 0.15) is 22.9 Å². The first-order valence-electron chi connectivity index (χ1n) is 11.6. The van der Waals surface area contributed by atoms with Crippen molar-refractivity contribution in [2.75, 3.05) is 18.2 Å². The Hall–Kier alpha value is -3.31. The minimum absolute atomic E-state index is 0.0362. The Morgan fingerprint density at radius 3 is 2.67 bits per heavy atom. The van der Waals surface area contributed by atoms with Gasteiger partial charge in [-0.1, -0.05) is 71.4 Å². The average molecular weight is 604 g/mol. The van der Waals surface area contributed by atoms with Crippen molar-refractivity contribution >= 4 is 63.2 Å². The first-order chi connectivity index (χ1) is 18.8. The van der Waals surface area contributed by atoms with Crippen molar-refractivity contribution in [3.63, 3.8) is 0 Å². The molecule has 2 aromatic carbocycles. The molecule has 1 N–H and O–H groups in total. The first-order valence-corrected chi connectivity index (χ1v) is 14.2. The summed E-state index contributed by atoms with van der Waals surface area (Å²) < 4.78 is 12.6. The number of esters is 1. The van der Waals surface area contributed by atoms with Gasteiger partial charge >= 0.3 is 5.97 Å². The molecule has 2 aromatic heterocycles. The Morgan fingerprint density at radius 1 is 1.18 bits per heavy atom. The van der Waals surface area contributed by atoms with Crippen LogP contribution >= 0.6 is 46.3 Å². The third-order valence-corrected chi connectivity index (χ3v) is 8.01. The van der Waals surface area contributed by atoms with E-state index in [2.05, 4.69) is 22.1 Å². The fourth-order valence-corrected chi connectivity index (χ4v) is 5.93. The van der Waals surface area contributed by atoms with Crippen LogP contribution < -0.4 is 10.1 Å². The maximum atomic E-state index is 13.0. The number of aromatic nitrogens is 3. The molecule has 39 heavy (non-hydrogen) atoms. The lowest BCUT2D eigenvalue weighted by molar-refractivity contribution is -0.113. The minimum Gasteiger partial charge on any atom is -0.484 e. The summed E-state index contributed by atoms with van der Waals surface area (Å²) in [5.41, 5.74) is 1.94. The molecule has 12 heteroatoms. The fourth-order valence-electron chi connectivity index (χ4n) is 3.75. The SMILES string of the molecule is C=CCn1c(COc2cc(Cl)ccc2Cl)nnc1SCC(=O)Nc1sc(C)c(-c2ccccc2)c1C(=O)OC. The lowest BCUT2D eigenvalue weighted by Crippen LogP contribution is -2.16. The maximum Gasteiger partial charge on any atom is 0.341 e. The summed E-state index contributed by atoms with van der Waals surface area (Å²) >= 11 is 14.8. The molecule has 0 aliphatic carbocycles. The third kappa shape index (κ3) is 6.83. The van der Waals surface area contributed by atoms with E-state index in [-0.39, 0.29) is 18.3 Å². The number of allylic oxidation sites excluding steroid dienone is 1. The summed E-state index contributed by atoms with van der Waals surface area (Å²) in [6.07, 6.45) is 1.70. The summed E-state index contributed by atoms with van der Waals surface area (Å²) in [6.45, 7) is 6.20. The molecule has 0 atom stereocenters. The van der Waals surface area contributed by atoms with Crippen molar-refractivity contribution in [1.82, 2.24) is 14.8 Å². The van der Waals surface area contributed by atoms with Gasteiger partial charge in [-0.05, 0) is 24.6 Å². The van der Waals surface area contributed by atoms with Crippen molar-refractivity contribution in [2.24, 2.45) is 0 Å². The van der Waals surface area contributed by atoms with E-state index in [9.17, 15) is 9.59 Å². The van der Waals surface area contributed by atoms with E-state index in [0.29, 0.717) is 43.9 Å². The molecule has 0 radical (unpaired) electrons. The van der Waals surface area contributed by atoms with Gasteiger partial charge in [-0.2, -0.15) is 0 Å². The zero-order valence-corrected chi connectivity index (χ0v) is 24.2. The van der Waals surface area contributed by atoms with E-state index in [1.54, 1.807) is 28.8 Å². The van der Waals surface area contributed by atoms with Crippen LogP contribution in [0.15, 0.2) is 66.3 Å². The average Bonchev–Trinajstić information content (AvgIpc) is 3.47. The van der Waals surface area contributed by atoms with Crippen molar-refractivity contribution in [3.05, 3.63) is 87.5 Å². The quantitative estimate of drug-likeness (QED) is 0.113. The smallest absolute Gasteiger partial charge is 0.341 e. The molecular weight excluding hydrogens is 579 g/mol. The highest BCUT2D eigenvalue weighted by Crippen LogP contribution is 2.40. The number of aryl methyl sites for hydroxylation is 1. The summed E-state index contributed by atoms with van der Waals surface area (Å²) in [5.74, 6) is 0.171. The van der Waals surface area contributed by atoms with Gasteiger partial charge in [0.15, 0.2) is 11.0 Å². The predicted octanol–water partition coefficient (Wildman–Crippen LogP) is 6.90. The second kappa shape index (κ2) is 13.2. The topological polar surface area (TPSA) is 95.3 Å². The number of nitrogens with one attached hydrogen (secondary N) is 1. The van der Waals surface area contributed by atoms with Gasteiger partial charge in [-0.3, -0.25) is 9.36 Å². The molecule has 202 valence electrons. The van der Waals surface area contributed by atoms with Gasteiger partial charge in [0, 0.05) is 28.1 Å². The van der Waals surface area contributed by atoms with Crippen LogP contribution in [0.4, 0.5) is 5.00 Å². The number of nitrogens with zero attached hydrogens (tertiary/aromatic N) is 3. The van der Waals surface area contributed by atoms with Gasteiger partial charge < -0.3 is 14.8 Å². The minimum atomic E-state index is -0.517. The number of halogens is 2. The monoisotopic (exact) mass is 602 g/mol. The number of carbonyl (C=O) groups excluding carboxylic acids is 2. The number of amides is 1. The highest BCUT2D eigenvalue weighted by Gasteiger charge is 2.25. The lowest BCUT2D eigenvalue weighted by Gasteiger charge is -2.10. The summed E-state index contributed by atoms with van der Waals surface area (Å²) in [4.78, 5) is 26.5. The third-order valence-electron chi connectivity index (χ3n) is 5.48. The molecule has 8 nitrogen and oxygen atoms in total. The molecule has 0 saturated carbocycles. The number of ether oxygens (including phenoxy) is 2. The molecule has 0 fully saturated rings. The number of rotatable bonds is 11. The second-order valence-corrected chi connectivity index (χ2v) is 11.1. The standard InChI is InChI=1S/C27H24Cl2N4O4S2/c1-4-12-33-21(14-37-20-13-18(28)10-11-19(20)29)31-32-27(33)38-15-22(34)30-25-24(26(35)36-3)23(16(2)39-25)17-8-6-5-7-9-17/h4-11,13H,1,12,14-15H2,2-3H3,(H,30,34). The van der Waals surface area contributed by atoms with Crippen LogP contribution in [-0.2, 0) is 22.7 Å². The van der Waals surface area contributed by atoms with E-state index >= 15 is 0 Å². The Morgan fingerprint density at radius 2 is 1.95 bits per heavy atom. The summed E-state index contributed by atoms with van der Waals surface area (Å²) in [7, 11) is 1.32. The number of methoxy groups -OCH3 is 1. The van der Waals surface area contributed by atoms with Gasteiger partial charge in [0.25, 0.3) is 0 Å². The van der Waals surface area contributed by atoms with E-state index in [1.165, 1.54) is 30.2 Å². The highest BCUT2D eigenvalue weighted by atomic mass is 35.5. The molecule has 0 aliphatic rings. The van der Waals surface area contributed by atoms with Crippen LogP contribution in [0.3, 0.4) is 0 Å². The van der Waals surface area contributed by atoms with Gasteiger partial charge in [-0.25, -0.2) is 4.79 Å². The Balaban J connectivity index is 1.48. The van der Waals surface area contributed by atoms with Crippen LogP contribution in [0.5, 0.6) is 5.75 Å². The first kappa shape index (κ1) is 28.7. The van der Waals surface area contributed by atoms with E-state index in [4.69, 9.17) is 32.7 Å². The largest absolute Gasteiger partial charge is 0.484 e. The van der Waals surface area contributed by atoms with Crippen LogP contribution in [0, 0.1) is 6.92 Å². The molecule has 0 bridgehead atoms. The Bertz CT molecular complexity index is 1510. The van der Waals surface area contributed by atoms with Crippen molar-refractivity contribution < 1.29 is 19.1 Å². The normalized spacial score (nSPS) is 10.8. The maximum absolute atomic E-state index is 13.0. The van der Waals surface area contributed by atoms with Gasteiger partial charge in [-0.15, -0.1) is 28.1 Å². The molecule has 2 heterocycles. The number of hydrogen-bond donors (Lipinski definition) is 1. The molecule has 0 spiro atoms. The van der Waals surface area contributed by atoms with Gasteiger partial charge in [0.05, 0.1) is 17.9 Å². The Kier molecular flexibility index (Phi) is 9.68. The number of carbonyl (C=O) groups is 2. The highest BCUT2D eigenvalue weighted by molar-refractivity contribution is 7.99. The van der Waals surface area contributed by atoms with Crippen LogP contribution in [0.2, 0.25) is 10.0 Å². The van der Waals surface area contributed by atoms with Gasteiger partial charge in [0.2, 0.25) is 5.91 Å². The van der Waals surface area contributed by atoms with Crippen LogP contribution in [0.25, 0.3) is 11.1 Å². The summed E-state index contributed by atoms with van der Waals surface area (Å²) in [6, 6.07) is 14.5.